The first-order valence-electron chi connectivity index (χ1n) is 6.65. The summed E-state index contributed by atoms with van der Waals surface area (Å²) >= 11 is 2.32. The Morgan fingerprint density at radius 3 is 2.74 bits per heavy atom. The minimum atomic E-state index is -0.140. The number of ether oxygens (including phenoxy) is 1. The van der Waals surface area contributed by atoms with E-state index in [1.165, 1.54) is 3.57 Å². The van der Waals surface area contributed by atoms with E-state index in [0.717, 1.165) is 50.8 Å². The SMILES string of the molecule is O[C@H]1C[C@H](Nc2cc(I)cc(N3CCOCC3)n2)C1. The summed E-state index contributed by atoms with van der Waals surface area (Å²) in [6.07, 6.45) is 1.50. The van der Waals surface area contributed by atoms with Gasteiger partial charge in [0.1, 0.15) is 11.6 Å². The Bertz CT molecular complexity index is 446. The second kappa shape index (κ2) is 5.80. The molecule has 2 N–H and O–H groups in total. The lowest BCUT2D eigenvalue weighted by molar-refractivity contribution is 0.0835. The molecular formula is C13H18IN3O2. The number of nitrogens with zero attached hydrogens (tertiary/aromatic N) is 2. The number of anilines is 2. The average Bonchev–Trinajstić information content (AvgIpc) is 2.37. The molecule has 0 aromatic carbocycles. The first-order chi connectivity index (χ1) is 9.20. The maximum absolute atomic E-state index is 9.33. The number of rotatable bonds is 3. The predicted molar refractivity (Wildman–Crippen MR) is 82.6 cm³/mol. The van der Waals surface area contributed by atoms with Gasteiger partial charge >= 0.3 is 0 Å². The minimum absolute atomic E-state index is 0.140. The van der Waals surface area contributed by atoms with Gasteiger partial charge in [0.15, 0.2) is 0 Å². The number of morpholine rings is 1. The standard InChI is InChI=1S/C13H18IN3O2/c14-9-5-12(15-10-7-11(18)8-10)16-13(6-9)17-1-3-19-4-2-17/h5-6,10-11,18H,1-4,7-8H2,(H,15,16)/t10-,11-. The van der Waals surface area contributed by atoms with Crippen molar-refractivity contribution >= 4 is 34.2 Å². The van der Waals surface area contributed by atoms with Gasteiger partial charge in [-0.2, -0.15) is 0 Å². The lowest BCUT2D eigenvalue weighted by Gasteiger charge is -2.33. The number of hydrogen-bond donors (Lipinski definition) is 2. The molecule has 1 aliphatic heterocycles. The highest BCUT2D eigenvalue weighted by Gasteiger charge is 2.27. The van der Waals surface area contributed by atoms with E-state index >= 15 is 0 Å². The van der Waals surface area contributed by atoms with Gasteiger partial charge in [-0.05, 0) is 47.6 Å². The summed E-state index contributed by atoms with van der Waals surface area (Å²) in [5.41, 5.74) is 0. The number of hydrogen-bond acceptors (Lipinski definition) is 5. The molecule has 6 heteroatoms. The van der Waals surface area contributed by atoms with Crippen molar-refractivity contribution in [1.82, 2.24) is 4.98 Å². The zero-order valence-electron chi connectivity index (χ0n) is 10.7. The summed E-state index contributed by atoms with van der Waals surface area (Å²) in [6, 6.07) is 4.51. The van der Waals surface area contributed by atoms with Crippen molar-refractivity contribution < 1.29 is 9.84 Å². The maximum atomic E-state index is 9.33. The molecule has 3 rings (SSSR count). The fourth-order valence-corrected chi connectivity index (χ4v) is 3.00. The van der Waals surface area contributed by atoms with Crippen molar-refractivity contribution in [3.63, 3.8) is 0 Å². The Hall–Kier alpha value is -0.600. The third-order valence-corrected chi connectivity index (χ3v) is 4.20. The van der Waals surface area contributed by atoms with Gasteiger partial charge in [0, 0.05) is 22.7 Å². The Morgan fingerprint density at radius 2 is 2.05 bits per heavy atom. The van der Waals surface area contributed by atoms with Crippen molar-refractivity contribution in [2.24, 2.45) is 0 Å². The van der Waals surface area contributed by atoms with E-state index in [9.17, 15) is 5.11 Å². The van der Waals surface area contributed by atoms with E-state index in [1.807, 2.05) is 0 Å². The molecule has 1 saturated heterocycles. The third kappa shape index (κ3) is 3.29. The van der Waals surface area contributed by atoms with E-state index in [-0.39, 0.29) is 6.10 Å². The van der Waals surface area contributed by atoms with Crippen LogP contribution >= 0.6 is 22.6 Å². The molecule has 0 atom stereocenters. The predicted octanol–water partition coefficient (Wildman–Crippen LogP) is 1.46. The summed E-state index contributed by atoms with van der Waals surface area (Å²) in [7, 11) is 0. The molecule has 19 heavy (non-hydrogen) atoms. The van der Waals surface area contributed by atoms with E-state index < -0.39 is 0 Å². The molecule has 0 amide bonds. The Kier molecular flexibility index (Phi) is 4.09. The molecule has 1 aromatic heterocycles. The van der Waals surface area contributed by atoms with Crippen LogP contribution in [-0.2, 0) is 4.74 Å². The molecule has 0 unspecified atom stereocenters. The van der Waals surface area contributed by atoms with Crippen LogP contribution in [0.5, 0.6) is 0 Å². The molecule has 0 spiro atoms. The first kappa shape index (κ1) is 13.4. The summed E-state index contributed by atoms with van der Waals surface area (Å²) in [6.45, 7) is 3.33. The van der Waals surface area contributed by atoms with Gasteiger partial charge in [-0.15, -0.1) is 0 Å². The zero-order chi connectivity index (χ0) is 13.2. The molecule has 2 aliphatic rings. The van der Waals surface area contributed by atoms with Gasteiger partial charge in [0.2, 0.25) is 0 Å². The van der Waals surface area contributed by atoms with E-state index in [2.05, 4.69) is 49.9 Å². The Balaban J connectivity index is 1.71. The number of aliphatic hydroxyl groups excluding tert-OH is 1. The summed E-state index contributed by atoms with van der Waals surface area (Å²) < 4.78 is 6.55. The van der Waals surface area contributed by atoms with Crippen molar-refractivity contribution in [3.05, 3.63) is 15.7 Å². The van der Waals surface area contributed by atoms with Crippen LogP contribution in [0.4, 0.5) is 11.6 Å². The topological polar surface area (TPSA) is 57.6 Å². The fourth-order valence-electron chi connectivity index (χ4n) is 2.43. The van der Waals surface area contributed by atoms with E-state index in [0.29, 0.717) is 6.04 Å². The van der Waals surface area contributed by atoms with Crippen LogP contribution in [0.15, 0.2) is 12.1 Å². The van der Waals surface area contributed by atoms with Crippen LogP contribution < -0.4 is 10.2 Å². The molecule has 2 heterocycles. The molecule has 0 radical (unpaired) electrons. The normalized spacial score (nSPS) is 26.9. The summed E-state index contributed by atoms with van der Waals surface area (Å²) in [5, 5.41) is 12.7. The van der Waals surface area contributed by atoms with Gasteiger partial charge in [0.25, 0.3) is 0 Å². The summed E-state index contributed by atoms with van der Waals surface area (Å²) in [5.74, 6) is 1.92. The smallest absolute Gasteiger partial charge is 0.132 e. The van der Waals surface area contributed by atoms with Gasteiger partial charge in [-0.1, -0.05) is 0 Å². The van der Waals surface area contributed by atoms with Crippen molar-refractivity contribution in [2.45, 2.75) is 25.0 Å². The van der Waals surface area contributed by atoms with Crippen LogP contribution in [0.3, 0.4) is 0 Å². The molecule has 1 saturated carbocycles. The largest absolute Gasteiger partial charge is 0.393 e. The quantitative estimate of drug-likeness (QED) is 0.784. The van der Waals surface area contributed by atoms with Crippen molar-refractivity contribution in [2.75, 3.05) is 36.5 Å². The molecular weight excluding hydrogens is 357 g/mol. The van der Waals surface area contributed by atoms with E-state index in [1.54, 1.807) is 0 Å². The van der Waals surface area contributed by atoms with Crippen LogP contribution in [0.1, 0.15) is 12.8 Å². The van der Waals surface area contributed by atoms with Crippen molar-refractivity contribution in [3.8, 4) is 0 Å². The monoisotopic (exact) mass is 375 g/mol. The second-order valence-electron chi connectivity index (χ2n) is 5.09. The van der Waals surface area contributed by atoms with Crippen LogP contribution in [0.25, 0.3) is 0 Å². The highest BCUT2D eigenvalue weighted by Crippen LogP contribution is 2.26. The Morgan fingerprint density at radius 1 is 1.32 bits per heavy atom. The minimum Gasteiger partial charge on any atom is -0.393 e. The van der Waals surface area contributed by atoms with Crippen LogP contribution in [-0.4, -0.2) is 48.5 Å². The maximum Gasteiger partial charge on any atom is 0.132 e. The van der Waals surface area contributed by atoms with Gasteiger partial charge in [-0.3, -0.25) is 0 Å². The lowest BCUT2D eigenvalue weighted by atomic mass is 9.89. The molecule has 1 aromatic rings. The molecule has 0 bridgehead atoms. The first-order valence-corrected chi connectivity index (χ1v) is 7.73. The highest BCUT2D eigenvalue weighted by atomic mass is 127. The highest BCUT2D eigenvalue weighted by molar-refractivity contribution is 14.1. The number of aromatic nitrogens is 1. The molecule has 104 valence electrons. The molecule has 5 nitrogen and oxygen atoms in total. The van der Waals surface area contributed by atoms with Gasteiger partial charge < -0.3 is 20.1 Å². The van der Waals surface area contributed by atoms with E-state index in [4.69, 9.17) is 4.74 Å². The number of aliphatic hydroxyl groups is 1. The zero-order valence-corrected chi connectivity index (χ0v) is 12.8. The molecule has 2 fully saturated rings. The third-order valence-electron chi connectivity index (χ3n) is 3.58. The fraction of sp³-hybridized carbons (Fsp3) is 0.615. The lowest BCUT2D eigenvalue weighted by Crippen LogP contribution is -2.39. The summed E-state index contributed by atoms with van der Waals surface area (Å²) in [4.78, 5) is 6.93. The van der Waals surface area contributed by atoms with Gasteiger partial charge in [-0.25, -0.2) is 4.98 Å². The Labute approximate surface area is 126 Å². The van der Waals surface area contributed by atoms with Gasteiger partial charge in [0.05, 0.1) is 19.3 Å². The second-order valence-corrected chi connectivity index (χ2v) is 6.34. The van der Waals surface area contributed by atoms with Crippen LogP contribution in [0.2, 0.25) is 0 Å². The van der Waals surface area contributed by atoms with Crippen LogP contribution in [0, 0.1) is 3.57 Å². The molecule has 1 aliphatic carbocycles. The van der Waals surface area contributed by atoms with Crippen molar-refractivity contribution in [1.29, 1.82) is 0 Å². The number of nitrogens with one attached hydrogen (secondary N) is 1. The number of halogens is 1. The number of pyridine rings is 1. The average molecular weight is 375 g/mol.